The Labute approximate surface area is 117 Å². The molecule has 102 valence electrons. The first-order chi connectivity index (χ1) is 9.79. The summed E-state index contributed by atoms with van der Waals surface area (Å²) >= 11 is 0. The molecular weight excluding hydrogens is 257 g/mol. The molecule has 0 saturated carbocycles. The van der Waals surface area contributed by atoms with Crippen LogP contribution in [-0.4, -0.2) is 16.7 Å². The number of hydrogen-bond acceptors (Lipinski definition) is 3. The molecule has 0 radical (unpaired) electrons. The van der Waals surface area contributed by atoms with Crippen LogP contribution in [-0.2, 0) is 6.61 Å². The van der Waals surface area contributed by atoms with Gasteiger partial charge in [-0.25, -0.2) is 4.39 Å². The minimum Gasteiger partial charge on any atom is -0.487 e. The van der Waals surface area contributed by atoms with Crippen LogP contribution in [0.15, 0.2) is 42.7 Å². The largest absolute Gasteiger partial charge is 0.487 e. The lowest BCUT2D eigenvalue weighted by Gasteiger charge is -2.08. The standard InChI is InChI=1S/C16H14FNO2/c17-15-7-6-14(5-1-2-9-19)16(10-15)20-12-13-4-3-8-18-11-13/h3-4,6-8,10-11,19H,2,9,12H2. The Hall–Kier alpha value is -2.38. The van der Waals surface area contributed by atoms with E-state index in [0.717, 1.165) is 5.56 Å². The number of rotatable bonds is 4. The van der Waals surface area contributed by atoms with E-state index in [1.165, 1.54) is 12.1 Å². The minimum atomic E-state index is -0.376. The molecular formula is C16H14FNO2. The summed E-state index contributed by atoms with van der Waals surface area (Å²) in [5.41, 5.74) is 1.50. The zero-order chi connectivity index (χ0) is 14.2. The lowest BCUT2D eigenvalue weighted by Crippen LogP contribution is -1.98. The smallest absolute Gasteiger partial charge is 0.138 e. The van der Waals surface area contributed by atoms with Crippen molar-refractivity contribution in [3.63, 3.8) is 0 Å². The van der Waals surface area contributed by atoms with Crippen molar-refractivity contribution in [2.24, 2.45) is 0 Å². The fraction of sp³-hybridized carbons (Fsp3) is 0.188. The molecule has 0 atom stereocenters. The van der Waals surface area contributed by atoms with E-state index >= 15 is 0 Å². The number of benzene rings is 1. The lowest BCUT2D eigenvalue weighted by molar-refractivity contribution is 0.303. The summed E-state index contributed by atoms with van der Waals surface area (Å²) in [7, 11) is 0. The lowest BCUT2D eigenvalue weighted by atomic mass is 10.2. The highest BCUT2D eigenvalue weighted by Crippen LogP contribution is 2.20. The molecule has 0 aliphatic heterocycles. The molecule has 1 N–H and O–H groups in total. The van der Waals surface area contributed by atoms with E-state index in [4.69, 9.17) is 9.84 Å². The molecule has 0 unspecified atom stereocenters. The van der Waals surface area contributed by atoms with Gasteiger partial charge >= 0.3 is 0 Å². The van der Waals surface area contributed by atoms with E-state index in [-0.39, 0.29) is 12.4 Å². The van der Waals surface area contributed by atoms with Gasteiger partial charge in [0.1, 0.15) is 18.2 Å². The van der Waals surface area contributed by atoms with E-state index in [1.807, 2.05) is 12.1 Å². The number of aliphatic hydroxyl groups excluding tert-OH is 1. The summed E-state index contributed by atoms with van der Waals surface area (Å²) in [5.74, 6) is 5.67. The summed E-state index contributed by atoms with van der Waals surface area (Å²) in [6.45, 7) is 0.298. The highest BCUT2D eigenvalue weighted by molar-refractivity contribution is 5.46. The molecule has 2 rings (SSSR count). The predicted molar refractivity (Wildman–Crippen MR) is 73.5 cm³/mol. The molecule has 1 aromatic heterocycles. The van der Waals surface area contributed by atoms with Gasteiger partial charge in [-0.3, -0.25) is 4.98 Å². The van der Waals surface area contributed by atoms with E-state index in [0.29, 0.717) is 24.3 Å². The van der Waals surface area contributed by atoms with Crippen LogP contribution in [0.4, 0.5) is 4.39 Å². The number of ether oxygens (including phenoxy) is 1. The van der Waals surface area contributed by atoms with Crippen LogP contribution in [0.2, 0.25) is 0 Å². The van der Waals surface area contributed by atoms with Gasteiger partial charge in [-0.05, 0) is 18.2 Å². The summed E-state index contributed by atoms with van der Waals surface area (Å²) < 4.78 is 18.9. The average Bonchev–Trinajstić information content (AvgIpc) is 2.48. The predicted octanol–water partition coefficient (Wildman–Crippen LogP) is 2.53. The van der Waals surface area contributed by atoms with Crippen LogP contribution in [0.5, 0.6) is 5.75 Å². The Morgan fingerprint density at radius 1 is 1.30 bits per heavy atom. The molecule has 0 aliphatic rings. The minimum absolute atomic E-state index is 0.0000694. The van der Waals surface area contributed by atoms with Crippen LogP contribution in [0, 0.1) is 17.7 Å². The number of halogens is 1. The third-order valence-corrected chi connectivity index (χ3v) is 2.52. The normalized spacial score (nSPS) is 9.70. The molecule has 20 heavy (non-hydrogen) atoms. The molecule has 0 spiro atoms. The number of pyridine rings is 1. The van der Waals surface area contributed by atoms with E-state index in [2.05, 4.69) is 16.8 Å². The monoisotopic (exact) mass is 271 g/mol. The molecule has 4 heteroatoms. The number of nitrogens with zero attached hydrogens (tertiary/aromatic N) is 1. The van der Waals surface area contributed by atoms with Crippen molar-refractivity contribution in [1.29, 1.82) is 0 Å². The maximum absolute atomic E-state index is 13.3. The topological polar surface area (TPSA) is 42.4 Å². The number of aromatic nitrogens is 1. The molecule has 3 nitrogen and oxygen atoms in total. The maximum atomic E-state index is 13.3. The van der Waals surface area contributed by atoms with Crippen molar-refractivity contribution >= 4 is 0 Å². The van der Waals surface area contributed by atoms with Gasteiger partial charge in [0.15, 0.2) is 0 Å². The van der Waals surface area contributed by atoms with Crippen molar-refractivity contribution in [2.45, 2.75) is 13.0 Å². The molecule has 0 amide bonds. The Kier molecular flexibility index (Phi) is 5.10. The van der Waals surface area contributed by atoms with Gasteiger partial charge in [0, 0.05) is 30.4 Å². The van der Waals surface area contributed by atoms with Gasteiger partial charge in [0.05, 0.1) is 12.2 Å². The van der Waals surface area contributed by atoms with Crippen molar-refractivity contribution in [2.75, 3.05) is 6.61 Å². The summed E-state index contributed by atoms with van der Waals surface area (Å²) in [5, 5.41) is 8.71. The summed E-state index contributed by atoms with van der Waals surface area (Å²) in [6.07, 6.45) is 3.74. The quantitative estimate of drug-likeness (QED) is 0.869. The van der Waals surface area contributed by atoms with Crippen molar-refractivity contribution in [3.05, 3.63) is 59.7 Å². The number of hydrogen-bond donors (Lipinski definition) is 1. The fourth-order valence-electron chi connectivity index (χ4n) is 1.58. The fourth-order valence-corrected chi connectivity index (χ4v) is 1.58. The van der Waals surface area contributed by atoms with E-state index in [1.54, 1.807) is 18.5 Å². The van der Waals surface area contributed by atoms with Crippen molar-refractivity contribution < 1.29 is 14.2 Å². The van der Waals surface area contributed by atoms with Crippen LogP contribution in [0.3, 0.4) is 0 Å². The molecule has 0 saturated heterocycles. The molecule has 0 aliphatic carbocycles. The van der Waals surface area contributed by atoms with Crippen molar-refractivity contribution in [1.82, 2.24) is 4.98 Å². The SMILES string of the molecule is OCCC#Cc1ccc(F)cc1OCc1cccnc1. The van der Waals surface area contributed by atoms with E-state index in [9.17, 15) is 4.39 Å². The molecule has 1 aromatic carbocycles. The first-order valence-corrected chi connectivity index (χ1v) is 6.20. The van der Waals surface area contributed by atoms with Crippen LogP contribution in [0.1, 0.15) is 17.5 Å². The van der Waals surface area contributed by atoms with Crippen LogP contribution < -0.4 is 4.74 Å². The highest BCUT2D eigenvalue weighted by Gasteiger charge is 2.04. The van der Waals surface area contributed by atoms with Gasteiger partial charge in [-0.1, -0.05) is 17.9 Å². The first-order valence-electron chi connectivity index (χ1n) is 6.20. The zero-order valence-electron chi connectivity index (χ0n) is 10.8. The third-order valence-electron chi connectivity index (χ3n) is 2.52. The van der Waals surface area contributed by atoms with Gasteiger partial charge in [0.2, 0.25) is 0 Å². The third kappa shape index (κ3) is 4.08. The van der Waals surface area contributed by atoms with Crippen LogP contribution >= 0.6 is 0 Å². The second-order valence-electron chi connectivity index (χ2n) is 4.07. The Bertz CT molecular complexity index is 617. The average molecular weight is 271 g/mol. The second kappa shape index (κ2) is 7.27. The Morgan fingerprint density at radius 3 is 2.95 bits per heavy atom. The molecule has 0 bridgehead atoms. The van der Waals surface area contributed by atoms with Gasteiger partial charge in [0.25, 0.3) is 0 Å². The van der Waals surface area contributed by atoms with Crippen molar-refractivity contribution in [3.8, 4) is 17.6 Å². The number of aliphatic hydroxyl groups is 1. The maximum Gasteiger partial charge on any atom is 0.138 e. The van der Waals surface area contributed by atoms with Gasteiger partial charge < -0.3 is 9.84 Å². The summed E-state index contributed by atoms with van der Waals surface area (Å²) in [4.78, 5) is 3.99. The zero-order valence-corrected chi connectivity index (χ0v) is 10.8. The summed E-state index contributed by atoms with van der Waals surface area (Å²) in [6, 6.07) is 7.90. The molecule has 1 heterocycles. The van der Waals surface area contributed by atoms with Gasteiger partial charge in [-0.2, -0.15) is 0 Å². The van der Waals surface area contributed by atoms with Crippen LogP contribution in [0.25, 0.3) is 0 Å². The second-order valence-corrected chi connectivity index (χ2v) is 4.07. The first kappa shape index (κ1) is 14.0. The Balaban J connectivity index is 2.13. The Morgan fingerprint density at radius 2 is 2.20 bits per heavy atom. The molecule has 2 aromatic rings. The highest BCUT2D eigenvalue weighted by atomic mass is 19.1. The van der Waals surface area contributed by atoms with E-state index < -0.39 is 0 Å². The van der Waals surface area contributed by atoms with Gasteiger partial charge in [-0.15, -0.1) is 0 Å². The molecule has 0 fully saturated rings.